The molecule has 5 rings (SSSR count). The Bertz CT molecular complexity index is 1140. The molecule has 1 aromatic heterocycles. The molecule has 5 nitrogen and oxygen atoms in total. The van der Waals surface area contributed by atoms with Crippen molar-refractivity contribution in [2.75, 3.05) is 13.2 Å². The van der Waals surface area contributed by atoms with Gasteiger partial charge in [-0.25, -0.2) is 8.42 Å². The summed E-state index contributed by atoms with van der Waals surface area (Å²) in [7, 11) is -3.68. The molecular weight excluding hydrogens is 421 g/mol. The van der Waals surface area contributed by atoms with Crippen molar-refractivity contribution in [3.63, 3.8) is 0 Å². The van der Waals surface area contributed by atoms with Crippen molar-refractivity contribution >= 4 is 44.8 Å². The maximum absolute atomic E-state index is 13.1. The van der Waals surface area contributed by atoms with E-state index in [4.69, 9.17) is 20.8 Å². The summed E-state index contributed by atoms with van der Waals surface area (Å²) in [6.07, 6.45) is 1.82. The van der Waals surface area contributed by atoms with Crippen molar-refractivity contribution in [3.8, 4) is 0 Å². The van der Waals surface area contributed by atoms with Gasteiger partial charge in [0.1, 0.15) is 5.76 Å². The number of hydrogen-bond donors (Lipinski definition) is 1. The summed E-state index contributed by atoms with van der Waals surface area (Å²) in [5.74, 6) is 0.880. The highest BCUT2D eigenvalue weighted by atomic mass is 35.5. The molecule has 0 radical (unpaired) electrons. The predicted molar refractivity (Wildman–Crippen MR) is 109 cm³/mol. The van der Waals surface area contributed by atoms with E-state index in [0.29, 0.717) is 17.2 Å². The Morgan fingerprint density at radius 3 is 2.54 bits per heavy atom. The van der Waals surface area contributed by atoms with Crippen LogP contribution in [0.4, 0.5) is 0 Å². The molecule has 28 heavy (non-hydrogen) atoms. The van der Waals surface area contributed by atoms with Crippen molar-refractivity contribution in [3.05, 3.63) is 58.3 Å². The number of rotatable bonds is 3. The van der Waals surface area contributed by atoms with Gasteiger partial charge >= 0.3 is 0 Å². The van der Waals surface area contributed by atoms with Gasteiger partial charge in [0.05, 0.1) is 27.5 Å². The molecule has 2 aromatic carbocycles. The molecule has 0 saturated carbocycles. The number of hydrogen-bond acceptors (Lipinski definition) is 5. The molecule has 1 unspecified atom stereocenters. The minimum Gasteiger partial charge on any atom is -0.459 e. The second kappa shape index (κ2) is 7.35. The van der Waals surface area contributed by atoms with Gasteiger partial charge in [0.25, 0.3) is 0 Å². The maximum Gasteiger partial charge on any atom is 0.206 e. The van der Waals surface area contributed by atoms with Crippen LogP contribution in [-0.4, -0.2) is 21.6 Å². The minimum absolute atomic E-state index is 0. The molecule has 0 aliphatic carbocycles. The second-order valence-corrected chi connectivity index (χ2v) is 9.29. The Morgan fingerprint density at radius 2 is 1.86 bits per heavy atom. The van der Waals surface area contributed by atoms with Crippen molar-refractivity contribution in [2.45, 2.75) is 35.3 Å². The molecule has 1 saturated heterocycles. The summed E-state index contributed by atoms with van der Waals surface area (Å²) in [5.41, 5.74) is 2.55. The summed E-state index contributed by atoms with van der Waals surface area (Å²) in [6.45, 7) is 2.25. The normalized spacial score (nSPS) is 19.0. The first-order valence-corrected chi connectivity index (χ1v) is 10.8. The zero-order valence-corrected chi connectivity index (χ0v) is 17.3. The third kappa shape index (κ3) is 3.13. The van der Waals surface area contributed by atoms with Crippen LogP contribution in [0, 0.1) is 0 Å². The van der Waals surface area contributed by atoms with Gasteiger partial charge in [0.2, 0.25) is 9.84 Å². The molecule has 1 fully saturated rings. The predicted octanol–water partition coefficient (Wildman–Crippen LogP) is 4.45. The Labute approximate surface area is 174 Å². The number of ether oxygens (including phenoxy) is 1. The minimum atomic E-state index is -3.68. The van der Waals surface area contributed by atoms with E-state index in [0.717, 1.165) is 48.3 Å². The van der Waals surface area contributed by atoms with Gasteiger partial charge in [0.15, 0.2) is 5.58 Å². The molecule has 3 aromatic rings. The van der Waals surface area contributed by atoms with Gasteiger partial charge in [-0.3, -0.25) is 0 Å². The number of halogens is 2. The molecule has 8 heteroatoms. The molecule has 148 valence electrons. The third-order valence-corrected chi connectivity index (χ3v) is 7.34. The summed E-state index contributed by atoms with van der Waals surface area (Å²) in [5, 5.41) is 4.38. The number of benzene rings is 2. The Morgan fingerprint density at radius 1 is 1.11 bits per heavy atom. The fourth-order valence-electron chi connectivity index (χ4n) is 3.69. The van der Waals surface area contributed by atoms with Crippen molar-refractivity contribution in [1.82, 2.24) is 5.32 Å². The number of sulfone groups is 1. The monoisotopic (exact) mass is 439 g/mol. The topological polar surface area (TPSA) is 68.5 Å². The fraction of sp³-hybridized carbons (Fsp3) is 0.300. The maximum atomic E-state index is 13.1. The van der Waals surface area contributed by atoms with Gasteiger partial charge in [0, 0.05) is 36.9 Å². The highest BCUT2D eigenvalue weighted by molar-refractivity contribution is 7.91. The summed E-state index contributed by atoms with van der Waals surface area (Å²) >= 11 is 6.37. The molecule has 2 aliphatic rings. The third-order valence-electron chi connectivity index (χ3n) is 5.31. The molecule has 3 heterocycles. The first kappa shape index (κ1) is 19.7. The zero-order valence-electron chi connectivity index (χ0n) is 14.9. The molecule has 1 atom stereocenters. The van der Waals surface area contributed by atoms with E-state index >= 15 is 0 Å². The van der Waals surface area contributed by atoms with Gasteiger partial charge < -0.3 is 14.5 Å². The average molecular weight is 440 g/mol. The largest absolute Gasteiger partial charge is 0.459 e. The van der Waals surface area contributed by atoms with Crippen LogP contribution in [0.3, 0.4) is 0 Å². The first-order valence-electron chi connectivity index (χ1n) is 8.95. The SMILES string of the molecule is Cl.O=S(=O)(c1ccc(C2CCO2)cc1)c1cc(Cl)c2oc3c(c2c1)CNCC3. The van der Waals surface area contributed by atoms with Gasteiger partial charge in [-0.1, -0.05) is 23.7 Å². The summed E-state index contributed by atoms with van der Waals surface area (Å²) in [4.78, 5) is 0.429. The zero-order chi connectivity index (χ0) is 18.6. The summed E-state index contributed by atoms with van der Waals surface area (Å²) < 4.78 is 37.6. The van der Waals surface area contributed by atoms with Crippen LogP contribution in [-0.2, 0) is 27.5 Å². The van der Waals surface area contributed by atoms with Crippen LogP contribution in [0.25, 0.3) is 11.0 Å². The molecule has 0 amide bonds. The number of furan rings is 1. The van der Waals surface area contributed by atoms with Crippen molar-refractivity contribution < 1.29 is 17.6 Å². The van der Waals surface area contributed by atoms with E-state index in [1.807, 2.05) is 12.1 Å². The fourth-order valence-corrected chi connectivity index (χ4v) is 5.33. The molecule has 0 spiro atoms. The number of nitrogens with one attached hydrogen (secondary N) is 1. The molecule has 2 aliphatic heterocycles. The average Bonchev–Trinajstić information content (AvgIpc) is 3.00. The molecule has 0 bridgehead atoms. The van der Waals surface area contributed by atoms with E-state index in [1.165, 1.54) is 6.07 Å². The van der Waals surface area contributed by atoms with Gasteiger partial charge in [-0.15, -0.1) is 12.4 Å². The van der Waals surface area contributed by atoms with E-state index in [2.05, 4.69) is 5.32 Å². The summed E-state index contributed by atoms with van der Waals surface area (Å²) in [6, 6.07) is 10.1. The van der Waals surface area contributed by atoms with E-state index in [9.17, 15) is 8.42 Å². The first-order chi connectivity index (χ1) is 13.0. The highest BCUT2D eigenvalue weighted by Gasteiger charge is 2.25. The molecule has 1 N–H and O–H groups in total. The van der Waals surface area contributed by atoms with Crippen LogP contribution in [0.2, 0.25) is 5.02 Å². The van der Waals surface area contributed by atoms with E-state index in [1.54, 1.807) is 18.2 Å². The van der Waals surface area contributed by atoms with Crippen LogP contribution in [0.5, 0.6) is 0 Å². The van der Waals surface area contributed by atoms with Crippen LogP contribution >= 0.6 is 24.0 Å². The standard InChI is InChI=1S/C20H18ClNO4S.ClH/c21-17-10-14(9-15-16-11-22-7-5-19(16)26-20(15)17)27(23,24)13-3-1-12(2-4-13)18-6-8-25-18;/h1-4,9-10,18,22H,5-8,11H2;1H. The number of fused-ring (bicyclic) bond motifs is 3. The van der Waals surface area contributed by atoms with Crippen LogP contribution in [0.15, 0.2) is 50.6 Å². The second-order valence-electron chi connectivity index (χ2n) is 6.93. The lowest BCUT2D eigenvalue weighted by atomic mass is 10.0. The van der Waals surface area contributed by atoms with Gasteiger partial charge in [-0.2, -0.15) is 0 Å². The van der Waals surface area contributed by atoms with E-state index < -0.39 is 9.84 Å². The van der Waals surface area contributed by atoms with Crippen molar-refractivity contribution in [2.24, 2.45) is 0 Å². The Balaban J connectivity index is 0.00000192. The Kier molecular flexibility index (Phi) is 5.18. The highest BCUT2D eigenvalue weighted by Crippen LogP contribution is 2.37. The quantitative estimate of drug-likeness (QED) is 0.652. The molecular formula is C20H19Cl2NO4S. The lowest BCUT2D eigenvalue weighted by Gasteiger charge is -2.26. The van der Waals surface area contributed by atoms with Gasteiger partial charge in [-0.05, 0) is 29.8 Å². The smallest absolute Gasteiger partial charge is 0.206 e. The van der Waals surface area contributed by atoms with Crippen LogP contribution in [0.1, 0.15) is 29.4 Å². The van der Waals surface area contributed by atoms with E-state index in [-0.39, 0.29) is 28.3 Å². The van der Waals surface area contributed by atoms with Crippen LogP contribution < -0.4 is 5.32 Å². The van der Waals surface area contributed by atoms with Crippen molar-refractivity contribution in [1.29, 1.82) is 0 Å². The lowest BCUT2D eigenvalue weighted by molar-refractivity contribution is -0.0527. The Hall–Kier alpha value is -1.57. The lowest BCUT2D eigenvalue weighted by Crippen LogP contribution is -2.22.